The maximum Gasteiger partial charge on any atom is 0.255 e. The molecule has 2 aliphatic rings. The highest BCUT2D eigenvalue weighted by molar-refractivity contribution is 6.22. The molecule has 5 heteroatoms. The minimum atomic E-state index is -0.318. The fraction of sp³-hybridized carbons (Fsp3) is 0.292. The summed E-state index contributed by atoms with van der Waals surface area (Å²) >= 11 is 0. The van der Waals surface area contributed by atoms with Crippen LogP contribution in [0.3, 0.4) is 0 Å². The molecule has 1 saturated heterocycles. The number of aryl methyl sites for hydroxylation is 1. The fourth-order valence-electron chi connectivity index (χ4n) is 4.33. The highest BCUT2D eigenvalue weighted by atomic mass is 16.2. The molecule has 3 atom stereocenters. The average molecular weight is 388 g/mol. The number of fused-ring (bicyclic) bond motifs is 1. The van der Waals surface area contributed by atoms with Gasteiger partial charge < -0.3 is 5.32 Å². The summed E-state index contributed by atoms with van der Waals surface area (Å²) in [6.45, 7) is 4.00. The Morgan fingerprint density at radius 1 is 1.10 bits per heavy atom. The quantitative estimate of drug-likeness (QED) is 0.630. The predicted octanol–water partition coefficient (Wildman–Crippen LogP) is 4.20. The van der Waals surface area contributed by atoms with E-state index in [0.29, 0.717) is 17.7 Å². The summed E-state index contributed by atoms with van der Waals surface area (Å²) in [6, 6.07) is 14.4. The van der Waals surface area contributed by atoms with Crippen LogP contribution in [0.2, 0.25) is 0 Å². The number of nitrogens with one attached hydrogen (secondary N) is 1. The number of hydrogen-bond donors (Lipinski definition) is 1. The molecule has 0 radical (unpaired) electrons. The summed E-state index contributed by atoms with van der Waals surface area (Å²) in [7, 11) is 0. The van der Waals surface area contributed by atoms with Crippen molar-refractivity contribution in [1.82, 2.24) is 0 Å². The number of carbonyl (C=O) groups is 3. The predicted molar refractivity (Wildman–Crippen MR) is 113 cm³/mol. The molecule has 0 spiro atoms. The summed E-state index contributed by atoms with van der Waals surface area (Å²) < 4.78 is 0. The van der Waals surface area contributed by atoms with Crippen LogP contribution in [0, 0.1) is 17.8 Å². The van der Waals surface area contributed by atoms with Gasteiger partial charge in [0, 0.05) is 11.3 Å². The zero-order valence-electron chi connectivity index (χ0n) is 16.6. The second-order valence-corrected chi connectivity index (χ2v) is 7.68. The minimum absolute atomic E-state index is 0.0345. The Bertz CT molecular complexity index is 1010. The lowest BCUT2D eigenvalue weighted by molar-refractivity contribution is -0.122. The second-order valence-electron chi connectivity index (χ2n) is 7.68. The average Bonchev–Trinajstić information content (AvgIpc) is 2.99. The molecule has 0 saturated carbocycles. The van der Waals surface area contributed by atoms with Gasteiger partial charge in [-0.15, -0.1) is 0 Å². The van der Waals surface area contributed by atoms with E-state index < -0.39 is 0 Å². The second kappa shape index (κ2) is 7.66. The maximum atomic E-state index is 13.0. The summed E-state index contributed by atoms with van der Waals surface area (Å²) in [6.07, 6.45) is 5.38. The van der Waals surface area contributed by atoms with Gasteiger partial charge in [0.15, 0.2) is 0 Å². The van der Waals surface area contributed by atoms with Crippen LogP contribution in [0.5, 0.6) is 0 Å². The van der Waals surface area contributed by atoms with Gasteiger partial charge >= 0.3 is 0 Å². The lowest BCUT2D eigenvalue weighted by atomic mass is 9.78. The first kappa shape index (κ1) is 19.1. The summed E-state index contributed by atoms with van der Waals surface area (Å²) in [5.41, 5.74) is 2.69. The number of rotatable bonds is 4. The van der Waals surface area contributed by atoms with E-state index in [1.165, 1.54) is 4.90 Å². The van der Waals surface area contributed by atoms with Crippen molar-refractivity contribution in [1.29, 1.82) is 0 Å². The topological polar surface area (TPSA) is 66.5 Å². The lowest BCUT2D eigenvalue weighted by Gasteiger charge is -2.22. The number of amides is 3. The SMILES string of the molecule is CCc1ccccc1NC(=O)c1cccc(N2C(=O)[C@@H]3[C@H](C)C=CC[C@H]3C2=O)c1. The van der Waals surface area contributed by atoms with Crippen LogP contribution in [-0.4, -0.2) is 17.7 Å². The molecule has 148 valence electrons. The van der Waals surface area contributed by atoms with Gasteiger partial charge in [0.25, 0.3) is 5.91 Å². The van der Waals surface area contributed by atoms with Crippen LogP contribution in [0.4, 0.5) is 11.4 Å². The van der Waals surface area contributed by atoms with E-state index in [4.69, 9.17) is 0 Å². The highest BCUT2D eigenvalue weighted by Crippen LogP contribution is 2.40. The number of anilines is 2. The maximum absolute atomic E-state index is 13.0. The normalized spacial score (nSPS) is 23.2. The molecule has 1 aliphatic carbocycles. The largest absolute Gasteiger partial charge is 0.322 e. The van der Waals surface area contributed by atoms with Crippen molar-refractivity contribution in [3.05, 3.63) is 71.8 Å². The molecule has 2 aromatic carbocycles. The van der Waals surface area contributed by atoms with E-state index in [-0.39, 0.29) is 35.5 Å². The minimum Gasteiger partial charge on any atom is -0.322 e. The fourth-order valence-corrected chi connectivity index (χ4v) is 4.33. The van der Waals surface area contributed by atoms with Crippen molar-refractivity contribution < 1.29 is 14.4 Å². The standard InChI is InChI=1S/C24H24N2O3/c1-3-16-9-4-5-13-20(16)25-22(27)17-10-7-11-18(14-17)26-23(28)19-12-6-8-15(2)21(19)24(26)29/h4-11,13-15,19,21H,3,12H2,1-2H3,(H,25,27)/t15-,19-,21-/m1/s1. The molecular formula is C24H24N2O3. The summed E-state index contributed by atoms with van der Waals surface area (Å²) in [5, 5.41) is 2.94. The third kappa shape index (κ3) is 3.37. The van der Waals surface area contributed by atoms with E-state index in [9.17, 15) is 14.4 Å². The number of benzene rings is 2. The molecule has 29 heavy (non-hydrogen) atoms. The van der Waals surface area contributed by atoms with Crippen molar-refractivity contribution in [2.24, 2.45) is 17.8 Å². The third-order valence-corrected chi connectivity index (χ3v) is 5.89. The number of hydrogen-bond acceptors (Lipinski definition) is 3. The van der Waals surface area contributed by atoms with Crippen LogP contribution in [0.25, 0.3) is 0 Å². The molecule has 5 nitrogen and oxygen atoms in total. The van der Waals surface area contributed by atoms with E-state index in [2.05, 4.69) is 5.32 Å². The third-order valence-electron chi connectivity index (χ3n) is 5.89. The molecule has 0 bridgehead atoms. The Balaban J connectivity index is 1.60. The monoisotopic (exact) mass is 388 g/mol. The lowest BCUT2D eigenvalue weighted by Crippen LogP contribution is -2.31. The Kier molecular flexibility index (Phi) is 5.05. The number of carbonyl (C=O) groups excluding carboxylic acids is 3. The molecule has 1 fully saturated rings. The molecule has 1 heterocycles. The van der Waals surface area contributed by atoms with Crippen molar-refractivity contribution >= 4 is 29.1 Å². The van der Waals surface area contributed by atoms with Gasteiger partial charge in [0.05, 0.1) is 17.5 Å². The van der Waals surface area contributed by atoms with Gasteiger partial charge in [-0.1, -0.05) is 50.3 Å². The first-order chi connectivity index (χ1) is 14.0. The zero-order chi connectivity index (χ0) is 20.5. The smallest absolute Gasteiger partial charge is 0.255 e. The molecule has 4 rings (SSSR count). The highest BCUT2D eigenvalue weighted by Gasteiger charge is 2.50. The van der Waals surface area contributed by atoms with Gasteiger partial charge in [-0.2, -0.15) is 0 Å². The molecule has 3 amide bonds. The first-order valence-electron chi connectivity index (χ1n) is 10.0. The number of nitrogens with zero attached hydrogens (tertiary/aromatic N) is 1. The van der Waals surface area contributed by atoms with Crippen LogP contribution in [0.15, 0.2) is 60.7 Å². The van der Waals surface area contributed by atoms with Gasteiger partial charge in [-0.25, -0.2) is 0 Å². The van der Waals surface area contributed by atoms with E-state index in [1.807, 2.05) is 50.3 Å². The van der Waals surface area contributed by atoms with Crippen LogP contribution >= 0.6 is 0 Å². The Labute approximate surface area is 170 Å². The summed E-state index contributed by atoms with van der Waals surface area (Å²) in [5.74, 6) is -1.21. The van der Waals surface area contributed by atoms with Crippen molar-refractivity contribution in [2.45, 2.75) is 26.7 Å². The zero-order valence-corrected chi connectivity index (χ0v) is 16.6. The van der Waals surface area contributed by atoms with Gasteiger partial charge in [-0.05, 0) is 48.6 Å². The summed E-state index contributed by atoms with van der Waals surface area (Å²) in [4.78, 5) is 40.0. The van der Waals surface area contributed by atoms with Crippen LogP contribution in [0.1, 0.15) is 36.2 Å². The molecular weight excluding hydrogens is 364 g/mol. The van der Waals surface area contributed by atoms with Crippen molar-refractivity contribution in [3.63, 3.8) is 0 Å². The number of para-hydroxylation sites is 1. The van der Waals surface area contributed by atoms with E-state index in [1.54, 1.807) is 24.3 Å². The molecule has 1 N–H and O–H groups in total. The number of imide groups is 1. The van der Waals surface area contributed by atoms with Crippen molar-refractivity contribution in [3.8, 4) is 0 Å². The van der Waals surface area contributed by atoms with Crippen LogP contribution < -0.4 is 10.2 Å². The van der Waals surface area contributed by atoms with E-state index in [0.717, 1.165) is 17.7 Å². The Hall–Kier alpha value is -3.21. The molecule has 2 aromatic rings. The molecule has 0 aromatic heterocycles. The van der Waals surface area contributed by atoms with Gasteiger partial charge in [0.2, 0.25) is 11.8 Å². The molecule has 1 aliphatic heterocycles. The van der Waals surface area contributed by atoms with Crippen molar-refractivity contribution in [2.75, 3.05) is 10.2 Å². The van der Waals surface area contributed by atoms with Gasteiger partial charge in [0.1, 0.15) is 0 Å². The van der Waals surface area contributed by atoms with Gasteiger partial charge in [-0.3, -0.25) is 19.3 Å². The Morgan fingerprint density at radius 3 is 2.66 bits per heavy atom. The first-order valence-corrected chi connectivity index (χ1v) is 10.0. The Morgan fingerprint density at radius 2 is 1.90 bits per heavy atom. The van der Waals surface area contributed by atoms with E-state index >= 15 is 0 Å². The van der Waals surface area contributed by atoms with Crippen LogP contribution in [-0.2, 0) is 16.0 Å². The number of allylic oxidation sites excluding steroid dienone is 2. The molecule has 0 unspecified atom stereocenters.